The Bertz CT molecular complexity index is 475. The molecule has 1 amide bonds. The van der Waals surface area contributed by atoms with Crippen LogP contribution in [0.3, 0.4) is 0 Å². The third-order valence-corrected chi connectivity index (χ3v) is 4.17. The van der Waals surface area contributed by atoms with Gasteiger partial charge >= 0.3 is 0 Å². The Hall–Kier alpha value is -1.58. The number of nitrogens with two attached hydrogens (primary N) is 1. The number of hydrogen-bond acceptors (Lipinski definition) is 2. The summed E-state index contributed by atoms with van der Waals surface area (Å²) in [4.78, 5) is 14.2. The maximum atomic E-state index is 13.4. The second-order valence-corrected chi connectivity index (χ2v) is 5.45. The van der Waals surface area contributed by atoms with Crippen LogP contribution in [0.25, 0.3) is 0 Å². The zero-order valence-electron chi connectivity index (χ0n) is 11.5. The molecule has 104 valence electrons. The van der Waals surface area contributed by atoms with Gasteiger partial charge < -0.3 is 10.6 Å². The Morgan fingerprint density at radius 3 is 2.74 bits per heavy atom. The number of carbonyl (C=O) groups is 1. The number of halogens is 1. The summed E-state index contributed by atoms with van der Waals surface area (Å²) in [5.74, 6) is -0.232. The highest BCUT2D eigenvalue weighted by atomic mass is 19.1. The lowest BCUT2D eigenvalue weighted by Crippen LogP contribution is -2.42. The Morgan fingerprint density at radius 1 is 1.37 bits per heavy atom. The summed E-state index contributed by atoms with van der Waals surface area (Å²) in [6.07, 6.45) is 4.52. The van der Waals surface area contributed by atoms with Crippen LogP contribution in [-0.4, -0.2) is 23.9 Å². The highest BCUT2D eigenvalue weighted by Gasteiger charge is 2.29. The SMILES string of the molecule is CC1CCCCC1N(C)C(=O)c1cccc(F)c1N. The van der Waals surface area contributed by atoms with Crippen LogP contribution in [-0.2, 0) is 0 Å². The maximum Gasteiger partial charge on any atom is 0.256 e. The third kappa shape index (κ3) is 2.72. The summed E-state index contributed by atoms with van der Waals surface area (Å²) in [6, 6.07) is 4.61. The minimum absolute atomic E-state index is 0.0530. The molecule has 0 aromatic heterocycles. The Balaban J connectivity index is 2.21. The molecule has 1 aromatic carbocycles. The molecule has 1 aliphatic carbocycles. The Kier molecular flexibility index (Phi) is 4.08. The lowest BCUT2D eigenvalue weighted by Gasteiger charge is -2.36. The first kappa shape index (κ1) is 13.8. The van der Waals surface area contributed by atoms with Crippen LogP contribution in [0.1, 0.15) is 43.0 Å². The number of rotatable bonds is 2. The topological polar surface area (TPSA) is 46.3 Å². The Labute approximate surface area is 113 Å². The standard InChI is InChI=1S/C15H21FN2O/c1-10-6-3-4-9-13(10)18(2)15(19)11-7-5-8-12(16)14(11)17/h5,7-8,10,13H,3-4,6,9,17H2,1-2H3. The predicted octanol–water partition coefficient (Wildman–Crippen LogP) is 3.06. The summed E-state index contributed by atoms with van der Waals surface area (Å²) in [5, 5.41) is 0. The van der Waals surface area contributed by atoms with Crippen molar-refractivity contribution in [3.63, 3.8) is 0 Å². The van der Waals surface area contributed by atoms with Crippen LogP contribution in [0.15, 0.2) is 18.2 Å². The molecule has 1 saturated carbocycles. The van der Waals surface area contributed by atoms with E-state index in [-0.39, 0.29) is 23.2 Å². The van der Waals surface area contributed by atoms with Gasteiger partial charge in [-0.25, -0.2) is 4.39 Å². The van der Waals surface area contributed by atoms with Gasteiger partial charge in [0.25, 0.3) is 5.91 Å². The normalized spacial score (nSPS) is 23.1. The van der Waals surface area contributed by atoms with Gasteiger partial charge in [-0.15, -0.1) is 0 Å². The summed E-state index contributed by atoms with van der Waals surface area (Å²) in [6.45, 7) is 2.17. The van der Waals surface area contributed by atoms with Crippen LogP contribution >= 0.6 is 0 Å². The zero-order valence-corrected chi connectivity index (χ0v) is 11.5. The van der Waals surface area contributed by atoms with Crippen molar-refractivity contribution in [1.82, 2.24) is 4.90 Å². The molecule has 0 heterocycles. The van der Waals surface area contributed by atoms with Crippen molar-refractivity contribution < 1.29 is 9.18 Å². The molecule has 2 rings (SSSR count). The molecule has 1 fully saturated rings. The largest absolute Gasteiger partial charge is 0.396 e. The summed E-state index contributed by atoms with van der Waals surface area (Å²) in [7, 11) is 1.79. The molecule has 4 heteroatoms. The van der Waals surface area contributed by atoms with Gasteiger partial charge in [0.05, 0.1) is 11.3 Å². The molecule has 3 nitrogen and oxygen atoms in total. The van der Waals surface area contributed by atoms with Crippen molar-refractivity contribution in [2.45, 2.75) is 38.6 Å². The third-order valence-electron chi connectivity index (χ3n) is 4.17. The highest BCUT2D eigenvalue weighted by molar-refractivity contribution is 5.99. The van der Waals surface area contributed by atoms with Gasteiger partial charge in [0, 0.05) is 13.1 Å². The van der Waals surface area contributed by atoms with Crippen molar-refractivity contribution in [1.29, 1.82) is 0 Å². The van der Waals surface area contributed by atoms with Gasteiger partial charge in [0.15, 0.2) is 0 Å². The minimum Gasteiger partial charge on any atom is -0.396 e. The van der Waals surface area contributed by atoms with Crippen LogP contribution < -0.4 is 5.73 Å². The average molecular weight is 264 g/mol. The van der Waals surface area contributed by atoms with Crippen molar-refractivity contribution in [2.24, 2.45) is 5.92 Å². The first-order valence-corrected chi connectivity index (χ1v) is 6.83. The molecule has 0 bridgehead atoms. The average Bonchev–Trinajstić information content (AvgIpc) is 2.41. The highest BCUT2D eigenvalue weighted by Crippen LogP contribution is 2.29. The van der Waals surface area contributed by atoms with E-state index in [1.54, 1.807) is 18.0 Å². The van der Waals surface area contributed by atoms with Gasteiger partial charge in [0.1, 0.15) is 5.82 Å². The first-order valence-electron chi connectivity index (χ1n) is 6.83. The number of anilines is 1. The van der Waals surface area contributed by atoms with E-state index in [1.807, 2.05) is 0 Å². The van der Waals surface area contributed by atoms with Gasteiger partial charge in [0.2, 0.25) is 0 Å². The molecule has 0 spiro atoms. The van der Waals surface area contributed by atoms with E-state index in [1.165, 1.54) is 18.6 Å². The lowest BCUT2D eigenvalue weighted by molar-refractivity contribution is 0.0629. The quantitative estimate of drug-likeness (QED) is 0.834. The fraction of sp³-hybridized carbons (Fsp3) is 0.533. The van der Waals surface area contributed by atoms with E-state index in [9.17, 15) is 9.18 Å². The molecule has 1 aliphatic rings. The van der Waals surface area contributed by atoms with Crippen molar-refractivity contribution in [3.05, 3.63) is 29.6 Å². The molecule has 2 N–H and O–H groups in total. The fourth-order valence-corrected chi connectivity index (χ4v) is 2.94. The van der Waals surface area contributed by atoms with Crippen molar-refractivity contribution in [3.8, 4) is 0 Å². The number of benzene rings is 1. The molecule has 2 unspecified atom stereocenters. The van der Waals surface area contributed by atoms with Crippen LogP contribution in [0.4, 0.5) is 10.1 Å². The van der Waals surface area contributed by atoms with Gasteiger partial charge in [-0.1, -0.05) is 25.8 Å². The number of amides is 1. The van der Waals surface area contributed by atoms with Crippen molar-refractivity contribution in [2.75, 3.05) is 12.8 Å². The minimum atomic E-state index is -0.532. The monoisotopic (exact) mass is 264 g/mol. The number of nitrogen functional groups attached to an aromatic ring is 1. The van der Waals surface area contributed by atoms with E-state index in [2.05, 4.69) is 6.92 Å². The molecular weight excluding hydrogens is 243 g/mol. The molecule has 1 aromatic rings. The fourth-order valence-electron chi connectivity index (χ4n) is 2.94. The number of para-hydroxylation sites is 1. The molecular formula is C15H21FN2O. The molecule has 0 aliphatic heterocycles. The number of hydrogen-bond donors (Lipinski definition) is 1. The summed E-state index contributed by atoms with van der Waals surface area (Å²) < 4.78 is 13.4. The second-order valence-electron chi connectivity index (χ2n) is 5.45. The van der Waals surface area contributed by atoms with Crippen LogP contribution in [0, 0.1) is 11.7 Å². The zero-order chi connectivity index (χ0) is 14.0. The van der Waals surface area contributed by atoms with E-state index in [4.69, 9.17) is 5.73 Å². The smallest absolute Gasteiger partial charge is 0.256 e. The molecule has 2 atom stereocenters. The van der Waals surface area contributed by atoms with Crippen molar-refractivity contribution >= 4 is 11.6 Å². The number of carbonyl (C=O) groups excluding carboxylic acids is 1. The van der Waals surface area contributed by atoms with Gasteiger partial charge in [-0.3, -0.25) is 4.79 Å². The van der Waals surface area contributed by atoms with Gasteiger partial charge in [-0.2, -0.15) is 0 Å². The maximum absolute atomic E-state index is 13.4. The van der Waals surface area contributed by atoms with E-state index < -0.39 is 5.82 Å². The Morgan fingerprint density at radius 2 is 2.05 bits per heavy atom. The number of nitrogens with zero attached hydrogens (tertiary/aromatic N) is 1. The summed E-state index contributed by atoms with van der Waals surface area (Å²) >= 11 is 0. The molecule has 0 saturated heterocycles. The van der Waals surface area contributed by atoms with Crippen LogP contribution in [0.2, 0.25) is 0 Å². The van der Waals surface area contributed by atoms with Gasteiger partial charge in [-0.05, 0) is 30.9 Å². The summed E-state index contributed by atoms with van der Waals surface area (Å²) in [5.41, 5.74) is 5.87. The molecule has 0 radical (unpaired) electrons. The van der Waals surface area contributed by atoms with E-state index in [0.717, 1.165) is 19.3 Å². The predicted molar refractivity (Wildman–Crippen MR) is 74.3 cm³/mol. The second kappa shape index (κ2) is 5.59. The van der Waals surface area contributed by atoms with E-state index >= 15 is 0 Å². The van der Waals surface area contributed by atoms with E-state index in [0.29, 0.717) is 5.92 Å². The van der Waals surface area contributed by atoms with Crippen LogP contribution in [0.5, 0.6) is 0 Å². The first-order chi connectivity index (χ1) is 9.02. The molecule has 19 heavy (non-hydrogen) atoms. The lowest BCUT2D eigenvalue weighted by atomic mass is 9.85.